The Morgan fingerprint density at radius 3 is 2.46 bits per heavy atom. The van der Waals surface area contributed by atoms with Crippen molar-refractivity contribution in [3.8, 4) is 5.75 Å². The van der Waals surface area contributed by atoms with Crippen molar-refractivity contribution in [3.05, 3.63) is 46.0 Å². The minimum absolute atomic E-state index is 0.0224. The van der Waals surface area contributed by atoms with Gasteiger partial charge in [0.15, 0.2) is 11.2 Å². The van der Waals surface area contributed by atoms with E-state index in [1.165, 1.54) is 24.3 Å². The van der Waals surface area contributed by atoms with E-state index in [4.69, 9.17) is 5.73 Å². The van der Waals surface area contributed by atoms with Crippen molar-refractivity contribution in [2.75, 3.05) is 5.73 Å². The number of nitrogens with zero attached hydrogens (tertiary/aromatic N) is 2. The average molecular weight is 339 g/mol. The molecule has 0 spiro atoms. The molecule has 1 aromatic carbocycles. The Kier molecular flexibility index (Phi) is 3.87. The van der Waals surface area contributed by atoms with E-state index in [0.717, 1.165) is 5.56 Å². The smallest absolute Gasteiger partial charge is 0.406 e. The Hall–Kier alpha value is -3.04. The molecule has 0 aliphatic carbocycles. The summed E-state index contributed by atoms with van der Waals surface area (Å²) >= 11 is 0. The van der Waals surface area contributed by atoms with E-state index in [9.17, 15) is 18.0 Å². The average Bonchev–Trinajstić information content (AvgIpc) is 2.88. The lowest BCUT2D eigenvalue weighted by Gasteiger charge is -2.09. The molecule has 0 atom stereocenters. The third-order valence-corrected chi connectivity index (χ3v) is 3.24. The standard InChI is InChI=1S/C14H12F3N5O2/c15-14(16,17)24-8-4-1-7(2-5-8)3-6-9-19-10-11(20-9)21-13(18)22-12(10)23/h1-2,4-5H,3,6H2,(H4,18,19,20,21,22,23). The Bertz CT molecular complexity index is 915. The topological polar surface area (TPSA) is 110 Å². The Balaban J connectivity index is 1.69. The summed E-state index contributed by atoms with van der Waals surface area (Å²) in [7, 11) is 0. The second-order valence-electron chi connectivity index (χ2n) is 5.03. The highest BCUT2D eigenvalue weighted by molar-refractivity contribution is 5.70. The van der Waals surface area contributed by atoms with Gasteiger partial charge in [-0.2, -0.15) is 4.98 Å². The number of nitrogens with one attached hydrogen (secondary N) is 2. The van der Waals surface area contributed by atoms with Crippen LogP contribution < -0.4 is 16.0 Å². The van der Waals surface area contributed by atoms with Crippen LogP contribution in [0.3, 0.4) is 0 Å². The maximum atomic E-state index is 12.1. The molecule has 0 saturated carbocycles. The number of hydrogen-bond donors (Lipinski definition) is 3. The van der Waals surface area contributed by atoms with Gasteiger partial charge >= 0.3 is 6.36 Å². The van der Waals surface area contributed by atoms with Gasteiger partial charge in [-0.25, -0.2) is 4.98 Å². The molecule has 7 nitrogen and oxygen atoms in total. The third kappa shape index (κ3) is 3.65. The number of anilines is 1. The molecule has 0 fully saturated rings. The lowest BCUT2D eigenvalue weighted by Crippen LogP contribution is -2.17. The molecule has 2 aromatic heterocycles. The van der Waals surface area contributed by atoms with Crippen molar-refractivity contribution in [2.45, 2.75) is 19.2 Å². The number of fused-ring (bicyclic) bond motifs is 1. The van der Waals surface area contributed by atoms with Crippen LogP contribution in [0.15, 0.2) is 29.1 Å². The number of imidazole rings is 1. The zero-order chi connectivity index (χ0) is 17.3. The van der Waals surface area contributed by atoms with Crippen LogP contribution in [-0.2, 0) is 12.8 Å². The van der Waals surface area contributed by atoms with Gasteiger partial charge in [-0.3, -0.25) is 9.78 Å². The maximum Gasteiger partial charge on any atom is 0.573 e. The first-order valence-electron chi connectivity index (χ1n) is 6.89. The lowest BCUT2D eigenvalue weighted by molar-refractivity contribution is -0.274. The number of aromatic nitrogens is 4. The molecule has 3 aromatic rings. The van der Waals surface area contributed by atoms with Gasteiger partial charge in [0.2, 0.25) is 5.95 Å². The van der Waals surface area contributed by atoms with E-state index >= 15 is 0 Å². The molecule has 126 valence electrons. The van der Waals surface area contributed by atoms with E-state index in [-0.39, 0.29) is 22.9 Å². The summed E-state index contributed by atoms with van der Waals surface area (Å²) < 4.78 is 40.1. The van der Waals surface area contributed by atoms with E-state index < -0.39 is 11.9 Å². The minimum Gasteiger partial charge on any atom is -0.406 e. The number of alkyl halides is 3. The molecule has 0 aliphatic heterocycles. The van der Waals surface area contributed by atoms with Crippen molar-refractivity contribution in [2.24, 2.45) is 0 Å². The first kappa shape index (κ1) is 15.8. The van der Waals surface area contributed by atoms with Gasteiger partial charge in [-0.15, -0.1) is 13.2 Å². The predicted molar refractivity (Wildman–Crippen MR) is 79.5 cm³/mol. The summed E-state index contributed by atoms with van der Waals surface area (Å²) in [5, 5.41) is 0. The van der Waals surface area contributed by atoms with Crippen molar-refractivity contribution in [1.29, 1.82) is 0 Å². The van der Waals surface area contributed by atoms with Gasteiger partial charge in [0, 0.05) is 6.42 Å². The Labute approximate surface area is 132 Å². The minimum atomic E-state index is -4.71. The normalized spacial score (nSPS) is 11.8. The van der Waals surface area contributed by atoms with Crippen molar-refractivity contribution >= 4 is 17.1 Å². The van der Waals surface area contributed by atoms with Gasteiger partial charge < -0.3 is 15.5 Å². The van der Waals surface area contributed by atoms with E-state index in [1.807, 2.05) is 0 Å². The second kappa shape index (κ2) is 5.87. The van der Waals surface area contributed by atoms with Gasteiger partial charge in [0.05, 0.1) is 0 Å². The van der Waals surface area contributed by atoms with Crippen LogP contribution in [0.1, 0.15) is 11.4 Å². The lowest BCUT2D eigenvalue weighted by atomic mass is 10.1. The quantitative estimate of drug-likeness (QED) is 0.673. The predicted octanol–water partition coefficient (Wildman–Crippen LogP) is 1.91. The molecule has 10 heteroatoms. The zero-order valence-electron chi connectivity index (χ0n) is 12.1. The first-order chi connectivity index (χ1) is 11.3. The van der Waals surface area contributed by atoms with Crippen molar-refractivity contribution in [3.63, 3.8) is 0 Å². The van der Waals surface area contributed by atoms with Gasteiger partial charge in [-0.1, -0.05) is 12.1 Å². The number of hydrogen-bond acceptors (Lipinski definition) is 5. The molecule has 0 bridgehead atoms. The van der Waals surface area contributed by atoms with E-state index in [2.05, 4.69) is 24.7 Å². The van der Waals surface area contributed by atoms with Gasteiger partial charge in [0.1, 0.15) is 11.6 Å². The number of ether oxygens (including phenoxy) is 1. The van der Waals surface area contributed by atoms with Crippen LogP contribution >= 0.6 is 0 Å². The number of benzene rings is 1. The molecule has 24 heavy (non-hydrogen) atoms. The number of nitrogen functional groups attached to an aromatic ring is 1. The Morgan fingerprint density at radius 1 is 1.08 bits per heavy atom. The molecular weight excluding hydrogens is 327 g/mol. The summed E-state index contributed by atoms with van der Waals surface area (Å²) in [6, 6.07) is 5.56. The van der Waals surface area contributed by atoms with Crippen molar-refractivity contribution in [1.82, 2.24) is 19.9 Å². The SMILES string of the molecule is Nc1nc2nc(CCc3ccc(OC(F)(F)F)cc3)[nH]c2c(=O)[nH]1. The van der Waals surface area contributed by atoms with Gasteiger partial charge in [-0.05, 0) is 24.1 Å². The second-order valence-corrected chi connectivity index (χ2v) is 5.03. The first-order valence-corrected chi connectivity index (χ1v) is 6.89. The number of nitrogens with two attached hydrogens (primary N) is 1. The fourth-order valence-electron chi connectivity index (χ4n) is 2.21. The highest BCUT2D eigenvalue weighted by Gasteiger charge is 2.30. The summed E-state index contributed by atoms with van der Waals surface area (Å²) in [6.45, 7) is 0. The number of aryl methyl sites for hydroxylation is 2. The fourth-order valence-corrected chi connectivity index (χ4v) is 2.21. The fraction of sp³-hybridized carbons (Fsp3) is 0.214. The summed E-state index contributed by atoms with van der Waals surface area (Å²) in [6.07, 6.45) is -3.74. The van der Waals surface area contributed by atoms with Crippen LogP contribution in [0.2, 0.25) is 0 Å². The highest BCUT2D eigenvalue weighted by atomic mass is 19.4. The zero-order valence-corrected chi connectivity index (χ0v) is 12.1. The van der Waals surface area contributed by atoms with Crippen LogP contribution in [0, 0.1) is 0 Å². The monoisotopic (exact) mass is 339 g/mol. The summed E-state index contributed by atoms with van der Waals surface area (Å²) in [5.74, 6) is 0.233. The van der Waals surface area contributed by atoms with E-state index in [1.54, 1.807) is 0 Å². The molecule has 0 unspecified atom stereocenters. The molecule has 0 radical (unpaired) electrons. The summed E-state index contributed by atoms with van der Waals surface area (Å²) in [5.41, 5.74) is 6.28. The van der Waals surface area contributed by atoms with Crippen LogP contribution in [-0.4, -0.2) is 26.3 Å². The number of aromatic amines is 2. The van der Waals surface area contributed by atoms with E-state index in [0.29, 0.717) is 18.7 Å². The largest absolute Gasteiger partial charge is 0.573 e. The Morgan fingerprint density at radius 2 is 1.79 bits per heavy atom. The summed E-state index contributed by atoms with van der Waals surface area (Å²) in [4.78, 5) is 25.0. The molecule has 4 N–H and O–H groups in total. The third-order valence-electron chi connectivity index (χ3n) is 3.24. The molecule has 0 aliphatic rings. The van der Waals surface area contributed by atoms with Crippen LogP contribution in [0.5, 0.6) is 5.75 Å². The molecular formula is C14H12F3N5O2. The van der Waals surface area contributed by atoms with Gasteiger partial charge in [0.25, 0.3) is 5.56 Å². The van der Waals surface area contributed by atoms with Crippen LogP contribution in [0.4, 0.5) is 19.1 Å². The van der Waals surface area contributed by atoms with Crippen LogP contribution in [0.25, 0.3) is 11.2 Å². The molecule has 0 amide bonds. The number of halogens is 3. The maximum absolute atomic E-state index is 12.1. The number of rotatable bonds is 4. The highest BCUT2D eigenvalue weighted by Crippen LogP contribution is 2.23. The number of H-pyrrole nitrogens is 2. The van der Waals surface area contributed by atoms with Crippen molar-refractivity contribution < 1.29 is 17.9 Å². The molecule has 0 saturated heterocycles. The molecule has 2 heterocycles. The molecule has 3 rings (SSSR count).